The fourth-order valence-electron chi connectivity index (χ4n) is 2.31. The van der Waals surface area contributed by atoms with Gasteiger partial charge in [-0.3, -0.25) is 0 Å². The number of benzene rings is 3. The molecule has 0 unspecified atom stereocenters. The van der Waals surface area contributed by atoms with Crippen molar-refractivity contribution in [3.63, 3.8) is 0 Å². The van der Waals surface area contributed by atoms with Gasteiger partial charge in [0.15, 0.2) is 11.6 Å². The van der Waals surface area contributed by atoms with Crippen LogP contribution in [0.5, 0.6) is 17.2 Å². The van der Waals surface area contributed by atoms with Crippen molar-refractivity contribution in [2.45, 2.75) is 0 Å². The third kappa shape index (κ3) is 3.30. The highest BCUT2D eigenvalue weighted by Gasteiger charge is 2.12. The molecule has 24 heavy (non-hydrogen) atoms. The predicted molar refractivity (Wildman–Crippen MR) is 89.3 cm³/mol. The summed E-state index contributed by atoms with van der Waals surface area (Å²) in [5.41, 5.74) is 7.94. The Morgan fingerprint density at radius 1 is 0.833 bits per heavy atom. The molecule has 3 nitrogen and oxygen atoms in total. The summed E-state index contributed by atoms with van der Waals surface area (Å²) in [4.78, 5) is 0. The molecule has 0 atom stereocenters. The van der Waals surface area contributed by atoms with E-state index in [0.717, 1.165) is 23.4 Å². The summed E-state index contributed by atoms with van der Waals surface area (Å²) in [5, 5.41) is 0. The van der Waals surface area contributed by atoms with Crippen LogP contribution < -0.4 is 15.2 Å². The van der Waals surface area contributed by atoms with Crippen LogP contribution >= 0.6 is 0 Å². The van der Waals surface area contributed by atoms with Crippen LogP contribution in [0.1, 0.15) is 0 Å². The number of anilines is 1. The maximum atomic E-state index is 13.8. The highest BCUT2D eigenvalue weighted by Crippen LogP contribution is 2.36. The molecule has 0 spiro atoms. The van der Waals surface area contributed by atoms with Crippen molar-refractivity contribution in [1.29, 1.82) is 0 Å². The number of ether oxygens (including phenoxy) is 2. The minimum Gasteiger partial charge on any atom is -0.497 e. The lowest BCUT2D eigenvalue weighted by Gasteiger charge is -2.13. The first-order valence-electron chi connectivity index (χ1n) is 7.23. The lowest BCUT2D eigenvalue weighted by molar-refractivity contribution is 0.415. The number of rotatable bonds is 4. The molecule has 0 aromatic heterocycles. The van der Waals surface area contributed by atoms with Gasteiger partial charge in [-0.15, -0.1) is 0 Å². The lowest BCUT2D eigenvalue weighted by atomic mass is 10.0. The van der Waals surface area contributed by atoms with Gasteiger partial charge in [0.2, 0.25) is 0 Å². The van der Waals surface area contributed by atoms with Crippen LogP contribution in [0, 0.1) is 11.6 Å². The highest BCUT2D eigenvalue weighted by molar-refractivity contribution is 5.74. The van der Waals surface area contributed by atoms with Gasteiger partial charge in [0.25, 0.3) is 0 Å². The van der Waals surface area contributed by atoms with Crippen LogP contribution in [-0.2, 0) is 0 Å². The molecular formula is C19H15F2NO2. The maximum absolute atomic E-state index is 13.8. The van der Waals surface area contributed by atoms with E-state index in [2.05, 4.69) is 0 Å². The van der Waals surface area contributed by atoms with Crippen molar-refractivity contribution in [2.75, 3.05) is 12.8 Å². The summed E-state index contributed by atoms with van der Waals surface area (Å²) < 4.78 is 37.6. The number of nitrogen functional groups attached to an aromatic ring is 1. The zero-order valence-corrected chi connectivity index (χ0v) is 12.9. The molecular weight excluding hydrogens is 312 g/mol. The molecule has 0 aliphatic carbocycles. The Balaban J connectivity index is 2.01. The molecule has 0 bridgehead atoms. The summed E-state index contributed by atoms with van der Waals surface area (Å²) in [6, 6.07) is 15.5. The van der Waals surface area contributed by atoms with Crippen molar-refractivity contribution in [3.8, 4) is 28.4 Å². The Labute approximate surface area is 138 Å². The number of hydrogen-bond acceptors (Lipinski definition) is 3. The fourth-order valence-corrected chi connectivity index (χ4v) is 2.31. The van der Waals surface area contributed by atoms with Crippen LogP contribution in [-0.4, -0.2) is 7.11 Å². The topological polar surface area (TPSA) is 44.5 Å². The van der Waals surface area contributed by atoms with Crippen molar-refractivity contribution >= 4 is 5.69 Å². The summed E-state index contributed by atoms with van der Waals surface area (Å²) in [7, 11) is 1.58. The molecule has 2 N–H and O–H groups in total. The fraction of sp³-hybridized carbons (Fsp3) is 0.0526. The molecule has 5 heteroatoms. The summed E-state index contributed by atoms with van der Waals surface area (Å²) >= 11 is 0. The first kappa shape index (κ1) is 15.8. The Kier molecular flexibility index (Phi) is 4.33. The molecule has 0 saturated heterocycles. The Morgan fingerprint density at radius 3 is 2.21 bits per heavy atom. The highest BCUT2D eigenvalue weighted by atomic mass is 19.1. The van der Waals surface area contributed by atoms with Gasteiger partial charge < -0.3 is 15.2 Å². The predicted octanol–water partition coefficient (Wildman–Crippen LogP) is 5.01. The van der Waals surface area contributed by atoms with Gasteiger partial charge in [0, 0.05) is 17.3 Å². The number of halogens is 2. The largest absolute Gasteiger partial charge is 0.497 e. The lowest BCUT2D eigenvalue weighted by Crippen LogP contribution is -1.94. The number of hydrogen-bond donors (Lipinski definition) is 1. The van der Waals surface area contributed by atoms with Crippen molar-refractivity contribution in [3.05, 3.63) is 72.3 Å². The minimum atomic E-state index is -0.771. The molecule has 0 aliphatic heterocycles. The number of methoxy groups -OCH3 is 1. The quantitative estimate of drug-likeness (QED) is 0.685. The van der Waals surface area contributed by atoms with E-state index in [0.29, 0.717) is 17.0 Å². The molecule has 3 aromatic carbocycles. The van der Waals surface area contributed by atoms with Gasteiger partial charge in [-0.05, 0) is 48.0 Å². The molecule has 0 radical (unpaired) electrons. The van der Waals surface area contributed by atoms with Crippen LogP contribution in [0.4, 0.5) is 14.5 Å². The van der Waals surface area contributed by atoms with Gasteiger partial charge in [-0.2, -0.15) is 0 Å². The van der Waals surface area contributed by atoms with Crippen molar-refractivity contribution in [1.82, 2.24) is 0 Å². The molecule has 0 saturated carbocycles. The number of nitrogens with two attached hydrogens (primary N) is 1. The Hall–Kier alpha value is -3.08. The molecule has 3 aromatic rings. The molecule has 0 aliphatic rings. The minimum absolute atomic E-state index is 0.0593. The van der Waals surface area contributed by atoms with E-state index in [1.807, 2.05) is 12.1 Å². The normalized spacial score (nSPS) is 10.5. The molecule has 3 rings (SSSR count). The third-order valence-corrected chi connectivity index (χ3v) is 3.52. The summed E-state index contributed by atoms with van der Waals surface area (Å²) in [6.07, 6.45) is 0. The van der Waals surface area contributed by atoms with Crippen LogP contribution in [0.3, 0.4) is 0 Å². The van der Waals surface area contributed by atoms with Gasteiger partial charge in [-0.1, -0.05) is 12.1 Å². The zero-order chi connectivity index (χ0) is 17.1. The SMILES string of the molecule is COc1ccc(-c2cc(N)ccc2Oc2ccc(F)cc2F)cc1. The Morgan fingerprint density at radius 2 is 1.54 bits per heavy atom. The third-order valence-electron chi connectivity index (χ3n) is 3.52. The van der Waals surface area contributed by atoms with Crippen LogP contribution in [0.15, 0.2) is 60.7 Å². The van der Waals surface area contributed by atoms with E-state index >= 15 is 0 Å². The molecule has 0 amide bonds. The Bertz CT molecular complexity index is 864. The van der Waals surface area contributed by atoms with E-state index in [9.17, 15) is 8.78 Å². The second-order valence-corrected chi connectivity index (χ2v) is 5.16. The van der Waals surface area contributed by atoms with E-state index in [1.165, 1.54) is 6.07 Å². The standard InChI is InChI=1S/C19H15F2NO2/c1-23-15-6-2-12(3-7-15)16-11-14(22)5-9-18(16)24-19-8-4-13(20)10-17(19)21/h2-11H,22H2,1H3. The summed E-state index contributed by atoms with van der Waals surface area (Å²) in [5.74, 6) is -0.356. The molecule has 122 valence electrons. The second kappa shape index (κ2) is 6.58. The summed E-state index contributed by atoms with van der Waals surface area (Å²) in [6.45, 7) is 0. The monoisotopic (exact) mass is 327 g/mol. The second-order valence-electron chi connectivity index (χ2n) is 5.16. The van der Waals surface area contributed by atoms with Gasteiger partial charge in [0.1, 0.15) is 17.3 Å². The van der Waals surface area contributed by atoms with Crippen molar-refractivity contribution in [2.24, 2.45) is 0 Å². The average molecular weight is 327 g/mol. The zero-order valence-electron chi connectivity index (χ0n) is 12.9. The first-order valence-corrected chi connectivity index (χ1v) is 7.23. The maximum Gasteiger partial charge on any atom is 0.168 e. The smallest absolute Gasteiger partial charge is 0.168 e. The van der Waals surface area contributed by atoms with E-state index in [4.69, 9.17) is 15.2 Å². The van der Waals surface area contributed by atoms with E-state index in [1.54, 1.807) is 37.4 Å². The van der Waals surface area contributed by atoms with Crippen molar-refractivity contribution < 1.29 is 18.3 Å². The van der Waals surface area contributed by atoms with Gasteiger partial charge >= 0.3 is 0 Å². The molecule has 0 fully saturated rings. The van der Waals surface area contributed by atoms with Gasteiger partial charge in [0.05, 0.1) is 7.11 Å². The first-order chi connectivity index (χ1) is 11.6. The van der Waals surface area contributed by atoms with E-state index < -0.39 is 11.6 Å². The van der Waals surface area contributed by atoms with Crippen LogP contribution in [0.25, 0.3) is 11.1 Å². The van der Waals surface area contributed by atoms with E-state index in [-0.39, 0.29) is 5.75 Å². The average Bonchev–Trinajstić information content (AvgIpc) is 2.59. The van der Waals surface area contributed by atoms with Gasteiger partial charge in [-0.25, -0.2) is 8.78 Å². The molecule has 0 heterocycles. The van der Waals surface area contributed by atoms with Crippen LogP contribution in [0.2, 0.25) is 0 Å².